The highest BCUT2D eigenvalue weighted by molar-refractivity contribution is 6.74. The number of hydrogen-bond acceptors (Lipinski definition) is 6. The Morgan fingerprint density at radius 3 is 2.30 bits per heavy atom. The Morgan fingerprint density at radius 1 is 1.30 bits per heavy atom. The molecule has 1 rings (SSSR count). The van der Waals surface area contributed by atoms with Crippen LogP contribution in [0.25, 0.3) is 0 Å². The number of hydrogen-bond donors (Lipinski definition) is 1. The fraction of sp³-hybridized carbons (Fsp3) is 0.800. The molecule has 7 nitrogen and oxygen atoms in total. The molecule has 0 aromatic carbocycles. The Balaban J connectivity index is 2.62. The van der Waals surface area contributed by atoms with Crippen molar-refractivity contribution >= 4 is 26.2 Å². The van der Waals surface area contributed by atoms with Gasteiger partial charge in [0.2, 0.25) is 5.91 Å². The van der Waals surface area contributed by atoms with Crippen molar-refractivity contribution in [3.63, 3.8) is 0 Å². The topological polar surface area (TPSA) is 90.9 Å². The summed E-state index contributed by atoms with van der Waals surface area (Å²) in [6.07, 6.45) is -1.11. The molecule has 0 radical (unpaired) electrons. The van der Waals surface area contributed by atoms with E-state index in [-0.39, 0.29) is 17.0 Å². The molecule has 0 aromatic heterocycles. The molecule has 0 aliphatic carbocycles. The second-order valence-electron chi connectivity index (χ2n) is 7.31. The molecule has 1 aliphatic heterocycles. The lowest BCUT2D eigenvalue weighted by Crippen LogP contribution is -2.65. The van der Waals surface area contributed by atoms with E-state index in [1.165, 1.54) is 6.92 Å². The monoisotopic (exact) mass is 345 g/mol. The molecule has 0 aromatic rings. The second-order valence-corrected chi connectivity index (χ2v) is 12.1. The third-order valence-electron chi connectivity index (χ3n) is 4.36. The van der Waals surface area contributed by atoms with E-state index in [1.54, 1.807) is 0 Å². The van der Waals surface area contributed by atoms with Crippen LogP contribution >= 0.6 is 0 Å². The predicted molar refractivity (Wildman–Crippen MR) is 85.9 cm³/mol. The van der Waals surface area contributed by atoms with Crippen LogP contribution in [0.4, 0.5) is 0 Å². The first kappa shape index (κ1) is 19.6. The highest BCUT2D eigenvalue weighted by atomic mass is 28.4. The molecule has 1 N–H and O–H groups in total. The summed E-state index contributed by atoms with van der Waals surface area (Å²) >= 11 is 0. The average molecular weight is 345 g/mol. The molecular weight excluding hydrogens is 318 g/mol. The molecule has 8 heteroatoms. The fourth-order valence-corrected chi connectivity index (χ4v) is 3.41. The molecule has 1 fully saturated rings. The van der Waals surface area contributed by atoms with Gasteiger partial charge >= 0.3 is 11.9 Å². The lowest BCUT2D eigenvalue weighted by Gasteiger charge is -2.44. The Bertz CT molecular complexity index is 485. The van der Waals surface area contributed by atoms with Gasteiger partial charge in [-0.05, 0) is 25.1 Å². The zero-order valence-electron chi connectivity index (χ0n) is 14.9. The minimum atomic E-state index is -2.03. The van der Waals surface area contributed by atoms with Gasteiger partial charge in [0, 0.05) is 6.92 Å². The molecule has 132 valence electrons. The number of amides is 1. The summed E-state index contributed by atoms with van der Waals surface area (Å²) in [4.78, 5) is 34.1. The van der Waals surface area contributed by atoms with Gasteiger partial charge in [0.1, 0.15) is 5.92 Å². The highest BCUT2D eigenvalue weighted by Crippen LogP contribution is 2.39. The highest BCUT2D eigenvalue weighted by Gasteiger charge is 2.49. The van der Waals surface area contributed by atoms with Gasteiger partial charge in [0.15, 0.2) is 21.2 Å². The number of ether oxygens (including phenoxy) is 2. The molecule has 0 saturated carbocycles. The molecule has 1 aliphatic rings. The van der Waals surface area contributed by atoms with Gasteiger partial charge in [0.05, 0.1) is 6.10 Å². The van der Waals surface area contributed by atoms with Crippen molar-refractivity contribution in [1.82, 2.24) is 5.32 Å². The summed E-state index contributed by atoms with van der Waals surface area (Å²) < 4.78 is 15.9. The predicted octanol–water partition coefficient (Wildman–Crippen LogP) is 1.58. The Morgan fingerprint density at radius 2 is 1.87 bits per heavy atom. The van der Waals surface area contributed by atoms with E-state index in [1.807, 2.05) is 6.92 Å². The summed E-state index contributed by atoms with van der Waals surface area (Å²) in [5, 5.41) is 2.55. The first-order valence-electron chi connectivity index (χ1n) is 7.66. The van der Waals surface area contributed by atoms with Crippen LogP contribution in [0.3, 0.4) is 0 Å². The second kappa shape index (κ2) is 7.00. The van der Waals surface area contributed by atoms with Crippen molar-refractivity contribution in [3.05, 3.63) is 0 Å². The van der Waals surface area contributed by atoms with E-state index in [9.17, 15) is 14.4 Å². The van der Waals surface area contributed by atoms with E-state index in [4.69, 9.17) is 9.16 Å². The third kappa shape index (κ3) is 5.03. The zero-order valence-corrected chi connectivity index (χ0v) is 15.9. The standard InChI is InChI=1S/C15H27NO6Si/c1-9(22-23(6,7)15(3,4)5)12-13(19)16-14(12)21-11(18)8-20-10(2)17/h9,12,14H,8H2,1-7H3,(H,16,19)/t9-,12+,14-/m1/s1. The van der Waals surface area contributed by atoms with Gasteiger partial charge in [-0.2, -0.15) is 0 Å². The van der Waals surface area contributed by atoms with Crippen LogP contribution in [0.5, 0.6) is 0 Å². The van der Waals surface area contributed by atoms with Crippen LogP contribution in [0.2, 0.25) is 18.1 Å². The van der Waals surface area contributed by atoms with Gasteiger partial charge in [-0.1, -0.05) is 20.8 Å². The summed E-state index contributed by atoms with van der Waals surface area (Å²) in [7, 11) is -2.03. The summed E-state index contributed by atoms with van der Waals surface area (Å²) in [5.41, 5.74) is 0. The van der Waals surface area contributed by atoms with Gasteiger partial charge in [-0.3, -0.25) is 9.59 Å². The summed E-state index contributed by atoms with van der Waals surface area (Å²) in [6.45, 7) is 13.1. The number of β-lactam (4-membered cyclic amide) rings is 1. The Hall–Kier alpha value is -1.41. The SMILES string of the molecule is CC(=O)OCC(=O)O[C@H]1NC(=O)[C@@H]1[C@@H](C)O[Si](C)(C)C(C)(C)C. The van der Waals surface area contributed by atoms with E-state index >= 15 is 0 Å². The van der Waals surface area contributed by atoms with Crippen molar-refractivity contribution in [2.24, 2.45) is 5.92 Å². The molecule has 23 heavy (non-hydrogen) atoms. The van der Waals surface area contributed by atoms with Crippen LogP contribution in [-0.4, -0.2) is 45.1 Å². The summed E-state index contributed by atoms with van der Waals surface area (Å²) in [6, 6.07) is 0. The van der Waals surface area contributed by atoms with Crippen molar-refractivity contribution < 1.29 is 28.3 Å². The van der Waals surface area contributed by atoms with Gasteiger partial charge in [-0.15, -0.1) is 0 Å². The number of carbonyl (C=O) groups excluding carboxylic acids is 3. The summed E-state index contributed by atoms with van der Waals surface area (Å²) in [5.74, 6) is -2.02. The maximum absolute atomic E-state index is 11.8. The number of esters is 2. The quantitative estimate of drug-likeness (QED) is 0.446. The molecule has 0 unspecified atom stereocenters. The van der Waals surface area contributed by atoms with E-state index < -0.39 is 39.0 Å². The van der Waals surface area contributed by atoms with Gasteiger partial charge in [-0.25, -0.2) is 4.79 Å². The van der Waals surface area contributed by atoms with Crippen LogP contribution < -0.4 is 5.32 Å². The van der Waals surface area contributed by atoms with Crippen molar-refractivity contribution in [1.29, 1.82) is 0 Å². The van der Waals surface area contributed by atoms with Crippen molar-refractivity contribution in [2.75, 3.05) is 6.61 Å². The molecule has 1 saturated heterocycles. The largest absolute Gasteiger partial charge is 0.454 e. The lowest BCUT2D eigenvalue weighted by molar-refractivity contribution is -0.180. The van der Waals surface area contributed by atoms with Crippen molar-refractivity contribution in [3.8, 4) is 0 Å². The molecule has 3 atom stereocenters. The lowest BCUT2D eigenvalue weighted by atomic mass is 9.93. The van der Waals surface area contributed by atoms with Crippen LogP contribution in [0.1, 0.15) is 34.6 Å². The minimum Gasteiger partial charge on any atom is -0.454 e. The fourth-order valence-electron chi connectivity index (χ4n) is 1.98. The van der Waals surface area contributed by atoms with E-state index in [0.717, 1.165) is 0 Å². The van der Waals surface area contributed by atoms with Crippen LogP contribution in [0, 0.1) is 5.92 Å². The van der Waals surface area contributed by atoms with E-state index in [0.29, 0.717) is 0 Å². The number of rotatable bonds is 6. The average Bonchev–Trinajstić information content (AvgIpc) is 2.33. The minimum absolute atomic E-state index is 0.0168. The first-order valence-corrected chi connectivity index (χ1v) is 10.6. The van der Waals surface area contributed by atoms with Crippen molar-refractivity contribution in [2.45, 2.75) is 65.1 Å². The molecule has 1 amide bonds. The number of nitrogens with one attached hydrogen (secondary N) is 1. The molecule has 0 bridgehead atoms. The van der Waals surface area contributed by atoms with E-state index in [2.05, 4.69) is 43.9 Å². The smallest absolute Gasteiger partial charge is 0.346 e. The number of carbonyl (C=O) groups is 3. The molecule has 0 spiro atoms. The Kier molecular flexibility index (Phi) is 5.98. The zero-order chi connectivity index (χ0) is 18.0. The first-order chi connectivity index (χ1) is 10.3. The third-order valence-corrected chi connectivity index (χ3v) is 8.93. The maximum Gasteiger partial charge on any atom is 0.346 e. The van der Waals surface area contributed by atoms with Gasteiger partial charge < -0.3 is 19.2 Å². The molecule has 1 heterocycles. The van der Waals surface area contributed by atoms with Gasteiger partial charge in [0.25, 0.3) is 0 Å². The van der Waals surface area contributed by atoms with Crippen LogP contribution in [0.15, 0.2) is 0 Å². The Labute approximate surface area is 138 Å². The normalized spacial score (nSPS) is 22.7. The maximum atomic E-state index is 11.8. The molecular formula is C15H27NO6Si. The van der Waals surface area contributed by atoms with Crippen LogP contribution in [-0.2, 0) is 28.3 Å².